The summed E-state index contributed by atoms with van der Waals surface area (Å²) in [5, 5.41) is 8.17. The Morgan fingerprint density at radius 1 is 1.00 bits per heavy atom. The molecule has 6 atom stereocenters. The predicted molar refractivity (Wildman–Crippen MR) is 195 cm³/mol. The molecule has 4 aliphatic rings. The number of rotatable bonds is 9. The lowest BCUT2D eigenvalue weighted by Crippen LogP contribution is -2.68. The zero-order valence-electron chi connectivity index (χ0n) is 31.6. The van der Waals surface area contributed by atoms with Crippen molar-refractivity contribution in [2.45, 2.75) is 133 Å². The fourth-order valence-corrected chi connectivity index (χ4v) is 7.85. The van der Waals surface area contributed by atoms with E-state index in [-0.39, 0.29) is 19.5 Å². The molecular weight excluding hydrogens is 699 g/mol. The minimum atomic E-state index is -1.51. The maximum Gasteiger partial charge on any atom is 0.329 e. The fourth-order valence-electron chi connectivity index (χ4n) is 7.85. The Morgan fingerprint density at radius 2 is 1.69 bits per heavy atom. The largest absolute Gasteiger partial charge is 0.458 e. The molecule has 1 aromatic rings. The summed E-state index contributed by atoms with van der Waals surface area (Å²) in [6.07, 6.45) is 7.09. The molecule has 1 saturated carbocycles. The van der Waals surface area contributed by atoms with Crippen molar-refractivity contribution >= 4 is 41.4 Å². The summed E-state index contributed by atoms with van der Waals surface area (Å²) in [5.41, 5.74) is -0.797. The average Bonchev–Trinajstić information content (AvgIpc) is 3.81. The van der Waals surface area contributed by atoms with Crippen LogP contribution in [0.3, 0.4) is 0 Å². The second kappa shape index (κ2) is 17.5. The normalized spacial score (nSPS) is 26.9. The number of ether oxygens (including phenoxy) is 1. The summed E-state index contributed by atoms with van der Waals surface area (Å²) < 4.78 is 20.0. The Labute approximate surface area is 315 Å². The van der Waals surface area contributed by atoms with Crippen molar-refractivity contribution in [3.8, 4) is 0 Å². The number of benzene rings is 1. The van der Waals surface area contributed by atoms with Gasteiger partial charge in [-0.1, -0.05) is 38.0 Å². The number of nitrogens with zero attached hydrogens (tertiary/aromatic N) is 3. The molecule has 1 aromatic carbocycles. The lowest BCUT2D eigenvalue weighted by atomic mass is 9.74. The van der Waals surface area contributed by atoms with Crippen LogP contribution in [0.1, 0.15) is 90.5 Å². The molecule has 0 radical (unpaired) electrons. The summed E-state index contributed by atoms with van der Waals surface area (Å²) in [4.78, 5) is 101. The van der Waals surface area contributed by atoms with Crippen molar-refractivity contribution in [1.82, 2.24) is 30.7 Å². The first-order valence-electron chi connectivity index (χ1n) is 19.2. The predicted octanol–water partition coefficient (Wildman–Crippen LogP) is 1.90. The topological polar surface area (TPSA) is 175 Å². The molecule has 3 heterocycles. The molecule has 0 bridgehead atoms. The van der Waals surface area contributed by atoms with Gasteiger partial charge >= 0.3 is 5.97 Å². The van der Waals surface area contributed by atoms with Crippen molar-refractivity contribution < 1.29 is 42.7 Å². The molecular formula is C39H53FN6O8. The number of hydrogen-bond acceptors (Lipinski definition) is 8. The van der Waals surface area contributed by atoms with Crippen LogP contribution in [0.25, 0.3) is 0 Å². The number of carbonyl (C=O) groups is 7. The highest BCUT2D eigenvalue weighted by molar-refractivity contribution is 6.00. The number of hydrogen-bond donors (Lipinski definition) is 3. The van der Waals surface area contributed by atoms with Gasteiger partial charge in [0.1, 0.15) is 47.7 Å². The molecule has 1 spiro atoms. The van der Waals surface area contributed by atoms with E-state index in [0.29, 0.717) is 56.9 Å². The number of carbonyl (C=O) groups excluding carboxylic acids is 7. The van der Waals surface area contributed by atoms with Gasteiger partial charge in [0, 0.05) is 26.6 Å². The minimum absolute atomic E-state index is 0.121. The number of esters is 1. The maximum atomic E-state index is 14.6. The molecule has 1 aliphatic carbocycles. The summed E-state index contributed by atoms with van der Waals surface area (Å²) in [6, 6.07) is -0.131. The van der Waals surface area contributed by atoms with E-state index < -0.39 is 89.1 Å². The number of fused-ring (bicyclic) bond motifs is 2. The van der Waals surface area contributed by atoms with Crippen LogP contribution in [0.4, 0.5) is 4.39 Å². The van der Waals surface area contributed by atoms with Crippen molar-refractivity contribution in [2.75, 3.05) is 20.1 Å². The number of unbranched alkanes of at least 4 members (excludes halogenated alkanes) is 2. The highest BCUT2D eigenvalue weighted by Crippen LogP contribution is 2.39. The zero-order valence-corrected chi connectivity index (χ0v) is 31.6. The van der Waals surface area contributed by atoms with Crippen LogP contribution in [0.15, 0.2) is 36.4 Å². The van der Waals surface area contributed by atoms with E-state index in [1.165, 1.54) is 52.9 Å². The van der Waals surface area contributed by atoms with Crippen LogP contribution in [-0.4, -0.2) is 118 Å². The SMILES string of the molecule is CCCC/C=C/C(=O)N[C@@H](Cc1cccc(F)c1)C(=O)N[C@@H]1C(=O)N2CCC[C@@H]2C(=O)N(C)C2(CCC2)C(=O)N[C@@H](C)C(=O)N2CCC[C@@H]2C(=O)O[C@H]1C. The van der Waals surface area contributed by atoms with E-state index in [4.69, 9.17) is 4.74 Å². The van der Waals surface area contributed by atoms with E-state index in [2.05, 4.69) is 16.0 Å². The quantitative estimate of drug-likeness (QED) is 0.195. The van der Waals surface area contributed by atoms with Gasteiger partial charge in [0.25, 0.3) is 0 Å². The second-order valence-corrected chi connectivity index (χ2v) is 14.9. The lowest BCUT2D eigenvalue weighted by Gasteiger charge is -2.48. The van der Waals surface area contributed by atoms with Crippen molar-refractivity contribution in [1.29, 1.82) is 0 Å². The Balaban J connectivity index is 1.48. The number of allylic oxidation sites excluding steroid dienone is 1. The van der Waals surface area contributed by atoms with Gasteiger partial charge in [-0.25, -0.2) is 9.18 Å². The first-order valence-corrected chi connectivity index (χ1v) is 19.2. The van der Waals surface area contributed by atoms with Crippen LogP contribution in [0.5, 0.6) is 0 Å². The summed E-state index contributed by atoms with van der Waals surface area (Å²) in [5.74, 6) is -4.76. The van der Waals surface area contributed by atoms with Crippen LogP contribution >= 0.6 is 0 Å². The lowest BCUT2D eigenvalue weighted by molar-refractivity contribution is -0.164. The molecule has 294 valence electrons. The molecule has 3 N–H and O–H groups in total. The molecule has 5 rings (SSSR count). The van der Waals surface area contributed by atoms with Gasteiger partial charge in [-0.3, -0.25) is 28.8 Å². The number of nitrogens with one attached hydrogen (secondary N) is 3. The van der Waals surface area contributed by atoms with Gasteiger partial charge in [-0.05, 0) is 89.0 Å². The van der Waals surface area contributed by atoms with Gasteiger partial charge in [0.15, 0.2) is 0 Å². The maximum absolute atomic E-state index is 14.6. The summed E-state index contributed by atoms with van der Waals surface area (Å²) in [7, 11) is 1.54. The number of amides is 6. The molecule has 15 heteroatoms. The molecule has 4 fully saturated rings. The Kier molecular flexibility index (Phi) is 13.1. The van der Waals surface area contributed by atoms with E-state index >= 15 is 0 Å². The number of halogens is 1. The highest BCUT2D eigenvalue weighted by atomic mass is 19.1. The van der Waals surface area contributed by atoms with Crippen molar-refractivity contribution in [3.05, 3.63) is 47.8 Å². The van der Waals surface area contributed by atoms with Crippen LogP contribution in [0, 0.1) is 5.82 Å². The molecule has 0 aromatic heterocycles. The number of cyclic esters (lactones) is 1. The Bertz CT molecular complexity index is 1650. The summed E-state index contributed by atoms with van der Waals surface area (Å²) in [6.45, 7) is 5.44. The van der Waals surface area contributed by atoms with E-state index in [0.717, 1.165) is 12.8 Å². The van der Waals surface area contributed by atoms with Crippen molar-refractivity contribution in [3.63, 3.8) is 0 Å². The molecule has 3 saturated heterocycles. The number of likely N-dealkylation sites (N-methyl/N-ethyl adjacent to an activating group) is 1. The first kappa shape index (κ1) is 40.4. The van der Waals surface area contributed by atoms with E-state index in [1.807, 2.05) is 6.92 Å². The van der Waals surface area contributed by atoms with Crippen LogP contribution in [0.2, 0.25) is 0 Å². The van der Waals surface area contributed by atoms with Gasteiger partial charge in [0.2, 0.25) is 35.4 Å². The van der Waals surface area contributed by atoms with E-state index in [1.54, 1.807) is 19.1 Å². The molecule has 3 aliphatic heterocycles. The smallest absolute Gasteiger partial charge is 0.329 e. The molecule has 54 heavy (non-hydrogen) atoms. The Hall–Kier alpha value is -4.82. The molecule has 6 amide bonds. The minimum Gasteiger partial charge on any atom is -0.458 e. The van der Waals surface area contributed by atoms with Gasteiger partial charge in [-0.2, -0.15) is 0 Å². The monoisotopic (exact) mass is 752 g/mol. The van der Waals surface area contributed by atoms with Gasteiger partial charge < -0.3 is 35.4 Å². The summed E-state index contributed by atoms with van der Waals surface area (Å²) >= 11 is 0. The fraction of sp³-hybridized carbons (Fsp3) is 0.615. The highest BCUT2D eigenvalue weighted by Gasteiger charge is 2.53. The first-order chi connectivity index (χ1) is 25.8. The third kappa shape index (κ3) is 8.76. The Morgan fingerprint density at radius 3 is 2.33 bits per heavy atom. The second-order valence-electron chi connectivity index (χ2n) is 14.9. The van der Waals surface area contributed by atoms with Gasteiger partial charge in [-0.15, -0.1) is 0 Å². The standard InChI is InChI=1S/C39H53FN6O8/c1-5-6-7-8-17-31(47)42-28(23-26-13-9-14-27(40)22-26)33(48)43-32-25(3)54-37(52)30-16-11-21-46(30)34(49)24(2)41-38(53)39(18-12-19-39)44(4)35(50)29-15-10-20-45(29)36(32)51/h8-9,13-14,17,22,24-25,28-30,32H,5-7,10-12,15-16,18-21,23H2,1-4H3,(H,41,53)(H,42,47)(H,43,48)/b17-8+/t24-,25-,28-,29+,30+,32-/m0/s1. The third-order valence-electron chi connectivity index (χ3n) is 11.2. The molecule has 0 unspecified atom stereocenters. The van der Waals surface area contributed by atoms with Crippen molar-refractivity contribution in [2.24, 2.45) is 0 Å². The zero-order chi connectivity index (χ0) is 39.2. The van der Waals surface area contributed by atoms with Crippen LogP contribution in [-0.2, 0) is 44.7 Å². The third-order valence-corrected chi connectivity index (χ3v) is 11.2. The van der Waals surface area contributed by atoms with E-state index in [9.17, 15) is 38.0 Å². The van der Waals surface area contributed by atoms with Gasteiger partial charge in [0.05, 0.1) is 0 Å². The van der Waals surface area contributed by atoms with Crippen LogP contribution < -0.4 is 16.0 Å². The molecule has 14 nitrogen and oxygen atoms in total. The average molecular weight is 753 g/mol.